The number of ether oxygens (including phenoxy) is 1. The Labute approximate surface area is 119 Å². The molecule has 0 aliphatic heterocycles. The van der Waals surface area contributed by atoms with Gasteiger partial charge in [0, 0.05) is 13.1 Å². The number of rotatable bonds is 6. The Hall–Kier alpha value is -2.04. The standard InChI is InChI=1S/C15H22N2O3/c1-4-17(5-2)14(18)13(16-15(19)20-6-3)12-10-8-7-9-11-12/h7-11,13H,4-6H2,1-3H3,(H,16,19)/t13-/m0/s1. The van der Waals surface area contributed by atoms with Crippen LogP contribution in [0.2, 0.25) is 0 Å². The van der Waals surface area contributed by atoms with Crippen LogP contribution in [0.4, 0.5) is 4.79 Å². The van der Waals surface area contributed by atoms with Gasteiger partial charge in [-0.25, -0.2) is 4.79 Å². The third-order valence-electron chi connectivity index (χ3n) is 2.99. The van der Waals surface area contributed by atoms with E-state index in [2.05, 4.69) is 5.32 Å². The van der Waals surface area contributed by atoms with Crippen molar-refractivity contribution >= 4 is 12.0 Å². The van der Waals surface area contributed by atoms with Crippen molar-refractivity contribution in [3.8, 4) is 0 Å². The summed E-state index contributed by atoms with van der Waals surface area (Å²) in [6.45, 7) is 7.02. The fourth-order valence-electron chi connectivity index (χ4n) is 1.94. The summed E-state index contributed by atoms with van der Waals surface area (Å²) in [5.74, 6) is -0.130. The fourth-order valence-corrected chi connectivity index (χ4v) is 1.94. The van der Waals surface area contributed by atoms with Crippen LogP contribution in [-0.2, 0) is 9.53 Å². The zero-order valence-electron chi connectivity index (χ0n) is 12.3. The van der Waals surface area contributed by atoms with Gasteiger partial charge in [0.05, 0.1) is 6.61 Å². The quantitative estimate of drug-likeness (QED) is 0.869. The summed E-state index contributed by atoms with van der Waals surface area (Å²) in [4.78, 5) is 25.8. The van der Waals surface area contributed by atoms with Crippen molar-refractivity contribution in [1.29, 1.82) is 0 Å². The Balaban J connectivity index is 2.95. The number of alkyl carbamates (subject to hydrolysis) is 1. The first-order valence-corrected chi connectivity index (χ1v) is 6.91. The molecule has 0 aromatic heterocycles. The number of hydrogen-bond acceptors (Lipinski definition) is 3. The number of carbonyl (C=O) groups is 2. The molecule has 110 valence electrons. The molecule has 5 heteroatoms. The summed E-state index contributed by atoms with van der Waals surface area (Å²) in [6.07, 6.45) is -0.582. The summed E-state index contributed by atoms with van der Waals surface area (Å²) < 4.78 is 4.87. The van der Waals surface area contributed by atoms with Crippen LogP contribution in [0.3, 0.4) is 0 Å². The molecule has 0 radical (unpaired) electrons. The molecule has 20 heavy (non-hydrogen) atoms. The predicted octanol–water partition coefficient (Wildman–Crippen LogP) is 2.34. The van der Waals surface area contributed by atoms with Gasteiger partial charge in [-0.3, -0.25) is 4.79 Å². The maximum Gasteiger partial charge on any atom is 0.408 e. The molecule has 0 spiro atoms. The summed E-state index contributed by atoms with van der Waals surface area (Å²) >= 11 is 0. The largest absolute Gasteiger partial charge is 0.450 e. The molecule has 2 amide bonds. The normalized spacial score (nSPS) is 11.6. The highest BCUT2D eigenvalue weighted by Crippen LogP contribution is 2.16. The van der Waals surface area contributed by atoms with Crippen molar-refractivity contribution in [3.05, 3.63) is 35.9 Å². The van der Waals surface area contributed by atoms with Crippen LogP contribution in [-0.4, -0.2) is 36.6 Å². The number of amides is 2. The third-order valence-corrected chi connectivity index (χ3v) is 2.99. The Kier molecular flexibility index (Phi) is 6.56. The van der Waals surface area contributed by atoms with Gasteiger partial charge in [-0.15, -0.1) is 0 Å². The second kappa shape index (κ2) is 8.19. The van der Waals surface area contributed by atoms with Gasteiger partial charge < -0.3 is 15.0 Å². The first-order valence-electron chi connectivity index (χ1n) is 6.91. The van der Waals surface area contributed by atoms with Gasteiger partial charge in [0.1, 0.15) is 6.04 Å². The molecule has 5 nitrogen and oxygen atoms in total. The molecule has 0 saturated carbocycles. The second-order valence-corrected chi connectivity index (χ2v) is 4.22. The Bertz CT molecular complexity index is 430. The highest BCUT2D eigenvalue weighted by molar-refractivity contribution is 5.86. The number of carbonyl (C=O) groups excluding carboxylic acids is 2. The molecule has 0 aliphatic rings. The molecule has 0 heterocycles. The van der Waals surface area contributed by atoms with E-state index in [1.165, 1.54) is 0 Å². The highest BCUT2D eigenvalue weighted by atomic mass is 16.5. The molecular formula is C15H22N2O3. The average molecular weight is 278 g/mol. The number of benzene rings is 1. The molecule has 0 fully saturated rings. The van der Waals surface area contributed by atoms with Crippen LogP contribution in [0.5, 0.6) is 0 Å². The molecule has 1 N–H and O–H groups in total. The Morgan fingerprint density at radius 1 is 1.15 bits per heavy atom. The summed E-state index contributed by atoms with van der Waals surface area (Å²) in [5.41, 5.74) is 0.748. The van der Waals surface area contributed by atoms with Crippen LogP contribution < -0.4 is 5.32 Å². The highest BCUT2D eigenvalue weighted by Gasteiger charge is 2.26. The lowest BCUT2D eigenvalue weighted by atomic mass is 10.1. The van der Waals surface area contributed by atoms with Gasteiger partial charge in [-0.05, 0) is 26.3 Å². The average Bonchev–Trinajstić information content (AvgIpc) is 2.47. The van der Waals surface area contributed by atoms with Gasteiger partial charge in [0.2, 0.25) is 5.91 Å². The van der Waals surface area contributed by atoms with E-state index in [4.69, 9.17) is 4.74 Å². The summed E-state index contributed by atoms with van der Waals surface area (Å²) in [7, 11) is 0. The number of likely N-dealkylation sites (N-methyl/N-ethyl adjacent to an activating group) is 1. The lowest BCUT2D eigenvalue weighted by molar-refractivity contribution is -0.133. The molecular weight excluding hydrogens is 256 g/mol. The van der Waals surface area contributed by atoms with Gasteiger partial charge in [-0.1, -0.05) is 30.3 Å². The number of hydrogen-bond donors (Lipinski definition) is 1. The van der Waals surface area contributed by atoms with Crippen molar-refractivity contribution in [2.45, 2.75) is 26.8 Å². The monoisotopic (exact) mass is 278 g/mol. The van der Waals surface area contributed by atoms with Gasteiger partial charge in [0.25, 0.3) is 0 Å². The van der Waals surface area contributed by atoms with Crippen LogP contribution >= 0.6 is 0 Å². The third kappa shape index (κ3) is 4.26. The summed E-state index contributed by atoms with van der Waals surface area (Å²) in [5, 5.41) is 2.63. The first kappa shape index (κ1) is 16.0. The Morgan fingerprint density at radius 3 is 2.25 bits per heavy atom. The van der Waals surface area contributed by atoms with Gasteiger partial charge >= 0.3 is 6.09 Å². The van der Waals surface area contributed by atoms with E-state index in [9.17, 15) is 9.59 Å². The van der Waals surface area contributed by atoms with Gasteiger partial charge in [0.15, 0.2) is 0 Å². The zero-order chi connectivity index (χ0) is 15.0. The minimum atomic E-state index is -0.713. The van der Waals surface area contributed by atoms with E-state index in [0.717, 1.165) is 5.56 Å². The van der Waals surface area contributed by atoms with Gasteiger partial charge in [-0.2, -0.15) is 0 Å². The first-order chi connectivity index (χ1) is 9.63. The molecule has 1 rings (SSSR count). The lowest BCUT2D eigenvalue weighted by Crippen LogP contribution is -2.43. The predicted molar refractivity (Wildman–Crippen MR) is 77.3 cm³/mol. The van der Waals surface area contributed by atoms with Crippen molar-refractivity contribution in [2.24, 2.45) is 0 Å². The summed E-state index contributed by atoms with van der Waals surface area (Å²) in [6, 6.07) is 8.47. The maximum absolute atomic E-state index is 12.5. The van der Waals surface area contributed by atoms with Crippen molar-refractivity contribution in [1.82, 2.24) is 10.2 Å². The molecule has 0 aliphatic carbocycles. The minimum absolute atomic E-state index is 0.130. The van der Waals surface area contributed by atoms with E-state index < -0.39 is 12.1 Å². The topological polar surface area (TPSA) is 58.6 Å². The molecule has 1 aromatic carbocycles. The van der Waals surface area contributed by atoms with E-state index in [1.807, 2.05) is 44.2 Å². The van der Waals surface area contributed by atoms with Crippen molar-refractivity contribution in [3.63, 3.8) is 0 Å². The van der Waals surface area contributed by atoms with Crippen LogP contribution in [0.1, 0.15) is 32.4 Å². The van der Waals surface area contributed by atoms with Crippen LogP contribution in [0.15, 0.2) is 30.3 Å². The van der Waals surface area contributed by atoms with Crippen LogP contribution in [0.25, 0.3) is 0 Å². The lowest BCUT2D eigenvalue weighted by Gasteiger charge is -2.25. The van der Waals surface area contributed by atoms with E-state index in [1.54, 1.807) is 11.8 Å². The molecule has 1 aromatic rings. The second-order valence-electron chi connectivity index (χ2n) is 4.22. The minimum Gasteiger partial charge on any atom is -0.450 e. The molecule has 1 atom stereocenters. The molecule has 0 bridgehead atoms. The van der Waals surface area contributed by atoms with E-state index in [0.29, 0.717) is 13.1 Å². The number of nitrogens with one attached hydrogen (secondary N) is 1. The van der Waals surface area contributed by atoms with E-state index in [-0.39, 0.29) is 12.5 Å². The van der Waals surface area contributed by atoms with Crippen LogP contribution in [0, 0.1) is 0 Å². The maximum atomic E-state index is 12.5. The number of nitrogens with zero attached hydrogens (tertiary/aromatic N) is 1. The van der Waals surface area contributed by atoms with Crippen molar-refractivity contribution in [2.75, 3.05) is 19.7 Å². The van der Waals surface area contributed by atoms with Crippen molar-refractivity contribution < 1.29 is 14.3 Å². The smallest absolute Gasteiger partial charge is 0.408 e. The zero-order valence-corrected chi connectivity index (χ0v) is 12.3. The Morgan fingerprint density at radius 2 is 1.75 bits per heavy atom. The molecule has 0 saturated heterocycles. The van der Waals surface area contributed by atoms with E-state index >= 15 is 0 Å². The molecule has 0 unspecified atom stereocenters. The SMILES string of the molecule is CCOC(=O)N[C@H](C(=O)N(CC)CC)c1ccccc1. The fraction of sp³-hybridized carbons (Fsp3) is 0.467.